The summed E-state index contributed by atoms with van der Waals surface area (Å²) in [5.74, 6) is -0.245. The van der Waals surface area contributed by atoms with E-state index < -0.39 is 16.8 Å². The van der Waals surface area contributed by atoms with Gasteiger partial charge in [-0.3, -0.25) is 4.21 Å². The maximum absolute atomic E-state index is 12.1. The van der Waals surface area contributed by atoms with E-state index in [-0.39, 0.29) is 5.75 Å². The number of methoxy groups -OCH3 is 1. The van der Waals surface area contributed by atoms with Crippen molar-refractivity contribution >= 4 is 32.7 Å². The summed E-state index contributed by atoms with van der Waals surface area (Å²) in [5.41, 5.74) is 0.939. The van der Waals surface area contributed by atoms with Crippen LogP contribution in [0, 0.1) is 0 Å². The number of benzene rings is 1. The third-order valence-corrected chi connectivity index (χ3v) is 4.38. The first-order chi connectivity index (χ1) is 9.11. The summed E-state index contributed by atoms with van der Waals surface area (Å²) in [4.78, 5) is 12.1. The average molecular weight is 344 g/mol. The molecule has 1 aromatic carbocycles. The van der Waals surface area contributed by atoms with Gasteiger partial charge in [0.2, 0.25) is 0 Å². The molecule has 0 aliphatic carbocycles. The van der Waals surface area contributed by atoms with Gasteiger partial charge in [0, 0.05) is 9.37 Å². The predicted octanol–water partition coefficient (Wildman–Crippen LogP) is 1.66. The van der Waals surface area contributed by atoms with E-state index >= 15 is 0 Å². The Hall–Kier alpha value is -1.54. The molecule has 8 heteroatoms. The molecule has 0 aliphatic rings. The van der Waals surface area contributed by atoms with E-state index in [1.807, 2.05) is 0 Å². The van der Waals surface area contributed by atoms with Crippen LogP contribution in [0.25, 0.3) is 0 Å². The molecule has 0 saturated heterocycles. The highest BCUT2D eigenvalue weighted by molar-refractivity contribution is 9.10. The van der Waals surface area contributed by atoms with Gasteiger partial charge in [-0.1, -0.05) is 0 Å². The summed E-state index contributed by atoms with van der Waals surface area (Å²) in [7, 11) is -0.00156. The number of hydrogen-bond donors (Lipinski definition) is 1. The lowest BCUT2D eigenvalue weighted by Crippen LogP contribution is -2.04. The van der Waals surface area contributed by atoms with Crippen molar-refractivity contribution < 1.29 is 13.7 Å². The molecular weight excluding hydrogens is 334 g/mol. The van der Waals surface area contributed by atoms with E-state index in [4.69, 9.17) is 0 Å². The number of esters is 1. The lowest BCUT2D eigenvalue weighted by molar-refractivity contribution is 0.0599. The molecular formula is C11H10BrN3O3S. The molecule has 2 aromatic rings. The highest BCUT2D eigenvalue weighted by atomic mass is 79.9. The molecule has 1 heterocycles. The summed E-state index contributed by atoms with van der Waals surface area (Å²) in [6, 6.07) is 4.90. The van der Waals surface area contributed by atoms with Gasteiger partial charge in [-0.15, -0.1) is 0 Å². The number of H-pyrrole nitrogens is 1. The minimum atomic E-state index is -1.30. The van der Waals surface area contributed by atoms with E-state index in [0.717, 1.165) is 0 Å². The number of hydrogen-bond acceptors (Lipinski definition) is 5. The SMILES string of the molecule is COC(=O)c1cc(S(=O)Cc2cn[nH]n2)ccc1Br. The Labute approximate surface area is 120 Å². The molecule has 0 aliphatic heterocycles. The minimum absolute atomic E-state index is 0.235. The number of nitrogens with one attached hydrogen (secondary N) is 1. The fourth-order valence-corrected chi connectivity index (χ4v) is 2.88. The molecule has 100 valence electrons. The molecule has 1 N–H and O–H groups in total. The van der Waals surface area contributed by atoms with Gasteiger partial charge in [-0.2, -0.15) is 15.4 Å². The summed E-state index contributed by atoms with van der Waals surface area (Å²) < 4.78 is 17.4. The third-order valence-electron chi connectivity index (χ3n) is 2.35. The Balaban J connectivity index is 2.25. The second-order valence-corrected chi connectivity index (χ2v) is 5.89. The Morgan fingerprint density at radius 3 is 2.95 bits per heavy atom. The van der Waals surface area contributed by atoms with Gasteiger partial charge in [0.25, 0.3) is 0 Å². The maximum atomic E-state index is 12.1. The molecule has 0 bridgehead atoms. The van der Waals surface area contributed by atoms with Gasteiger partial charge in [-0.05, 0) is 34.1 Å². The predicted molar refractivity (Wildman–Crippen MR) is 72.0 cm³/mol. The Morgan fingerprint density at radius 1 is 1.53 bits per heavy atom. The first kappa shape index (κ1) is 13.9. The smallest absolute Gasteiger partial charge is 0.339 e. The van der Waals surface area contributed by atoms with Crippen LogP contribution in [0.3, 0.4) is 0 Å². The number of carbonyl (C=O) groups excluding carboxylic acids is 1. The monoisotopic (exact) mass is 343 g/mol. The largest absolute Gasteiger partial charge is 0.465 e. The zero-order valence-electron chi connectivity index (χ0n) is 9.92. The third kappa shape index (κ3) is 3.27. The molecule has 19 heavy (non-hydrogen) atoms. The van der Waals surface area contributed by atoms with E-state index in [1.54, 1.807) is 18.2 Å². The van der Waals surface area contributed by atoms with Crippen molar-refractivity contribution in [1.29, 1.82) is 0 Å². The van der Waals surface area contributed by atoms with Gasteiger partial charge in [0.1, 0.15) is 0 Å². The molecule has 0 amide bonds. The fraction of sp³-hybridized carbons (Fsp3) is 0.182. The molecule has 6 nitrogen and oxygen atoms in total. The maximum Gasteiger partial charge on any atom is 0.339 e. The Bertz CT molecular complexity index is 616. The summed E-state index contributed by atoms with van der Waals surface area (Å²) >= 11 is 3.25. The van der Waals surface area contributed by atoms with Crippen LogP contribution in [-0.4, -0.2) is 32.7 Å². The van der Waals surface area contributed by atoms with Crippen LogP contribution < -0.4 is 0 Å². The number of ether oxygens (including phenoxy) is 1. The Kier molecular flexibility index (Phi) is 4.43. The number of aromatic nitrogens is 3. The van der Waals surface area contributed by atoms with Crippen molar-refractivity contribution in [2.75, 3.05) is 7.11 Å². The number of rotatable bonds is 4. The van der Waals surface area contributed by atoms with Crippen molar-refractivity contribution in [2.24, 2.45) is 0 Å². The lowest BCUT2D eigenvalue weighted by atomic mass is 10.2. The van der Waals surface area contributed by atoms with Crippen molar-refractivity contribution in [1.82, 2.24) is 15.4 Å². The van der Waals surface area contributed by atoms with Gasteiger partial charge >= 0.3 is 5.97 Å². The molecule has 0 saturated carbocycles. The standard InChI is InChI=1S/C11H10BrN3O3S/c1-18-11(16)9-4-8(2-3-10(9)12)19(17)6-7-5-13-15-14-7/h2-5H,6H2,1H3,(H,13,14,15). The molecule has 2 rings (SSSR count). The molecule has 1 unspecified atom stereocenters. The lowest BCUT2D eigenvalue weighted by Gasteiger charge is -2.05. The second-order valence-electron chi connectivity index (χ2n) is 3.58. The van der Waals surface area contributed by atoms with Crippen molar-refractivity contribution in [2.45, 2.75) is 10.6 Å². The van der Waals surface area contributed by atoms with E-state index in [0.29, 0.717) is 20.6 Å². The first-order valence-electron chi connectivity index (χ1n) is 5.22. The molecule has 1 atom stereocenters. The Morgan fingerprint density at radius 2 is 2.32 bits per heavy atom. The topological polar surface area (TPSA) is 84.9 Å². The molecule has 0 fully saturated rings. The second kappa shape index (κ2) is 6.07. The van der Waals surface area contributed by atoms with Crippen LogP contribution in [0.2, 0.25) is 0 Å². The van der Waals surface area contributed by atoms with Crippen LogP contribution in [-0.2, 0) is 21.3 Å². The summed E-state index contributed by atoms with van der Waals surface area (Å²) in [5, 5.41) is 9.95. The molecule has 0 radical (unpaired) electrons. The fourth-order valence-electron chi connectivity index (χ4n) is 1.42. The van der Waals surface area contributed by atoms with Crippen LogP contribution in [0.15, 0.2) is 33.8 Å². The first-order valence-corrected chi connectivity index (χ1v) is 7.34. The van der Waals surface area contributed by atoms with Gasteiger partial charge < -0.3 is 4.74 Å². The molecule has 0 spiro atoms. The quantitative estimate of drug-likeness (QED) is 0.853. The normalized spacial score (nSPS) is 12.1. The number of halogens is 1. The van der Waals surface area contributed by atoms with E-state index in [1.165, 1.54) is 13.3 Å². The van der Waals surface area contributed by atoms with Crippen LogP contribution in [0.5, 0.6) is 0 Å². The van der Waals surface area contributed by atoms with E-state index in [9.17, 15) is 9.00 Å². The number of nitrogens with zero attached hydrogens (tertiary/aromatic N) is 2. The highest BCUT2D eigenvalue weighted by Crippen LogP contribution is 2.22. The summed E-state index contributed by atoms with van der Waals surface area (Å²) in [6.45, 7) is 0. The number of carbonyl (C=O) groups is 1. The van der Waals surface area contributed by atoms with Gasteiger partial charge in [-0.25, -0.2) is 4.79 Å². The van der Waals surface area contributed by atoms with Crippen LogP contribution in [0.4, 0.5) is 0 Å². The van der Waals surface area contributed by atoms with Crippen molar-refractivity contribution in [3.63, 3.8) is 0 Å². The van der Waals surface area contributed by atoms with Gasteiger partial charge in [0.15, 0.2) is 0 Å². The van der Waals surface area contributed by atoms with Crippen LogP contribution >= 0.6 is 15.9 Å². The molecule has 1 aromatic heterocycles. The van der Waals surface area contributed by atoms with Crippen molar-refractivity contribution in [3.8, 4) is 0 Å². The number of aromatic amines is 1. The summed E-state index contributed by atoms with van der Waals surface area (Å²) in [6.07, 6.45) is 1.51. The average Bonchev–Trinajstić information content (AvgIpc) is 2.91. The minimum Gasteiger partial charge on any atom is -0.465 e. The van der Waals surface area contributed by atoms with Gasteiger partial charge in [0.05, 0.1) is 41.1 Å². The van der Waals surface area contributed by atoms with E-state index in [2.05, 4.69) is 36.1 Å². The van der Waals surface area contributed by atoms with Crippen molar-refractivity contribution in [3.05, 3.63) is 40.1 Å². The highest BCUT2D eigenvalue weighted by Gasteiger charge is 2.14. The zero-order valence-corrected chi connectivity index (χ0v) is 12.3. The van der Waals surface area contributed by atoms with Crippen LogP contribution in [0.1, 0.15) is 16.1 Å². The zero-order chi connectivity index (χ0) is 13.8.